The average Bonchev–Trinajstić information content (AvgIpc) is 2.99. The Labute approximate surface area is 141 Å². The van der Waals surface area contributed by atoms with Gasteiger partial charge in [-0.15, -0.1) is 0 Å². The van der Waals surface area contributed by atoms with Gasteiger partial charge in [-0.3, -0.25) is 9.69 Å². The fourth-order valence-electron chi connectivity index (χ4n) is 3.90. The molecule has 0 spiro atoms. The summed E-state index contributed by atoms with van der Waals surface area (Å²) >= 11 is 0. The van der Waals surface area contributed by atoms with Crippen molar-refractivity contribution < 1.29 is 19.0 Å². The van der Waals surface area contributed by atoms with Crippen LogP contribution in [-0.4, -0.2) is 54.4 Å². The fraction of sp³-hybridized carbons (Fsp3) is 0.611. The number of hydrogen-bond donors (Lipinski definition) is 2. The number of carbonyl (C=O) groups excluding carboxylic acids is 1. The van der Waals surface area contributed by atoms with E-state index in [9.17, 15) is 14.3 Å². The van der Waals surface area contributed by atoms with Gasteiger partial charge in [0.05, 0.1) is 19.1 Å². The highest BCUT2D eigenvalue weighted by Crippen LogP contribution is 2.32. The quantitative estimate of drug-likeness (QED) is 0.824. The number of hydrogen-bond acceptors (Lipinski definition) is 5. The second-order valence-corrected chi connectivity index (χ2v) is 6.79. The van der Waals surface area contributed by atoms with Crippen LogP contribution < -0.4 is 5.32 Å². The van der Waals surface area contributed by atoms with Crippen molar-refractivity contribution in [3.63, 3.8) is 0 Å². The molecule has 0 unspecified atom stereocenters. The molecule has 1 aliphatic carbocycles. The zero-order valence-electron chi connectivity index (χ0n) is 14.0. The third-order valence-electron chi connectivity index (χ3n) is 5.24. The zero-order chi connectivity index (χ0) is 17.1. The van der Waals surface area contributed by atoms with E-state index in [1.165, 1.54) is 19.2 Å². The van der Waals surface area contributed by atoms with E-state index in [0.29, 0.717) is 18.9 Å². The van der Waals surface area contributed by atoms with Gasteiger partial charge >= 0.3 is 5.97 Å². The first kappa shape index (κ1) is 17.2. The van der Waals surface area contributed by atoms with Gasteiger partial charge in [0.15, 0.2) is 0 Å². The molecule has 1 saturated heterocycles. The van der Waals surface area contributed by atoms with Crippen molar-refractivity contribution in [2.24, 2.45) is 5.92 Å². The van der Waals surface area contributed by atoms with Crippen LogP contribution in [0.5, 0.6) is 0 Å². The van der Waals surface area contributed by atoms with Crippen molar-refractivity contribution in [1.29, 1.82) is 0 Å². The molecule has 0 amide bonds. The first-order chi connectivity index (χ1) is 11.6. The number of halogens is 1. The van der Waals surface area contributed by atoms with Crippen LogP contribution in [0.4, 0.5) is 10.1 Å². The smallest absolute Gasteiger partial charge is 0.308 e. The first-order valence-corrected chi connectivity index (χ1v) is 8.59. The number of anilines is 1. The highest BCUT2D eigenvalue weighted by Gasteiger charge is 2.41. The van der Waals surface area contributed by atoms with Crippen molar-refractivity contribution in [3.05, 3.63) is 30.1 Å². The Kier molecular flexibility index (Phi) is 5.36. The minimum Gasteiger partial charge on any atom is -0.469 e. The number of nitrogens with zero attached hydrogens (tertiary/aromatic N) is 1. The number of piperidine rings is 1. The molecule has 1 aromatic carbocycles. The van der Waals surface area contributed by atoms with Crippen LogP contribution in [0.1, 0.15) is 25.7 Å². The second kappa shape index (κ2) is 7.49. The predicted octanol–water partition coefficient (Wildman–Crippen LogP) is 2.01. The van der Waals surface area contributed by atoms with Crippen LogP contribution in [0.3, 0.4) is 0 Å². The van der Waals surface area contributed by atoms with Crippen molar-refractivity contribution in [2.75, 3.05) is 25.5 Å². The van der Waals surface area contributed by atoms with E-state index < -0.39 is 6.10 Å². The van der Waals surface area contributed by atoms with Gasteiger partial charge in [0.2, 0.25) is 0 Å². The van der Waals surface area contributed by atoms with E-state index in [-0.39, 0.29) is 23.7 Å². The molecular weight excluding hydrogens is 311 g/mol. The van der Waals surface area contributed by atoms with Gasteiger partial charge in [-0.2, -0.15) is 0 Å². The molecule has 2 fully saturated rings. The lowest BCUT2D eigenvalue weighted by atomic mass is 10.0. The summed E-state index contributed by atoms with van der Waals surface area (Å²) in [5.74, 6) is -0.639. The zero-order valence-corrected chi connectivity index (χ0v) is 14.0. The van der Waals surface area contributed by atoms with Crippen molar-refractivity contribution in [1.82, 2.24) is 4.90 Å². The maximum absolute atomic E-state index is 12.9. The highest BCUT2D eigenvalue weighted by molar-refractivity contribution is 5.72. The van der Waals surface area contributed by atoms with E-state index in [1.54, 1.807) is 12.1 Å². The lowest BCUT2D eigenvalue weighted by molar-refractivity contribution is -0.145. The summed E-state index contributed by atoms with van der Waals surface area (Å²) < 4.78 is 17.8. The van der Waals surface area contributed by atoms with Crippen molar-refractivity contribution in [3.8, 4) is 0 Å². The number of rotatable bonds is 4. The molecule has 3 atom stereocenters. The van der Waals surface area contributed by atoms with Gasteiger partial charge in [-0.25, -0.2) is 4.39 Å². The molecule has 0 radical (unpaired) electrons. The van der Waals surface area contributed by atoms with Crippen molar-refractivity contribution in [2.45, 2.75) is 43.9 Å². The molecule has 5 nitrogen and oxygen atoms in total. The van der Waals surface area contributed by atoms with Gasteiger partial charge in [-0.1, -0.05) is 0 Å². The van der Waals surface area contributed by atoms with Crippen LogP contribution >= 0.6 is 0 Å². The molecule has 1 aromatic rings. The number of methoxy groups -OCH3 is 1. The summed E-state index contributed by atoms with van der Waals surface area (Å²) in [5, 5.41) is 13.7. The Morgan fingerprint density at radius 1 is 1.25 bits per heavy atom. The number of aliphatic hydroxyl groups is 1. The number of nitrogens with one attached hydrogen (secondary N) is 1. The molecule has 6 heteroatoms. The van der Waals surface area contributed by atoms with Crippen LogP contribution in [0.2, 0.25) is 0 Å². The van der Waals surface area contributed by atoms with Gasteiger partial charge in [-0.05, 0) is 49.9 Å². The Morgan fingerprint density at radius 2 is 1.92 bits per heavy atom. The van der Waals surface area contributed by atoms with Crippen LogP contribution in [0.25, 0.3) is 0 Å². The average molecular weight is 336 g/mol. The minimum atomic E-state index is -0.462. The van der Waals surface area contributed by atoms with E-state index in [2.05, 4.69) is 10.2 Å². The molecule has 24 heavy (non-hydrogen) atoms. The van der Waals surface area contributed by atoms with Gasteiger partial charge < -0.3 is 15.2 Å². The van der Waals surface area contributed by atoms with Gasteiger partial charge in [0.25, 0.3) is 0 Å². The standard InChI is InChI=1S/C18H25FN2O3/c1-24-18(23)12-10-16(17(22)11-12)21-8-6-15(7-9-21)20-14-4-2-13(19)3-5-14/h2-5,12,15-17,20,22H,6-11H2,1H3/t12-,16-,17+/m0/s1. The predicted molar refractivity (Wildman–Crippen MR) is 89.2 cm³/mol. The van der Waals surface area contributed by atoms with Crippen LogP contribution in [0, 0.1) is 11.7 Å². The summed E-state index contributed by atoms with van der Waals surface area (Å²) in [6, 6.07) is 6.81. The maximum atomic E-state index is 12.9. The van der Waals surface area contributed by atoms with E-state index >= 15 is 0 Å². The Hall–Kier alpha value is -1.66. The molecule has 2 N–H and O–H groups in total. The number of carbonyl (C=O) groups is 1. The molecule has 1 aliphatic heterocycles. The molecule has 132 valence electrons. The van der Waals surface area contributed by atoms with Crippen LogP contribution in [0.15, 0.2) is 24.3 Å². The maximum Gasteiger partial charge on any atom is 0.308 e. The lowest BCUT2D eigenvalue weighted by Gasteiger charge is -2.37. The molecular formula is C18H25FN2O3. The number of esters is 1. The summed E-state index contributed by atoms with van der Waals surface area (Å²) in [5.41, 5.74) is 0.932. The summed E-state index contributed by atoms with van der Waals surface area (Å²) in [4.78, 5) is 14.0. The Bertz CT molecular complexity index is 558. The second-order valence-electron chi connectivity index (χ2n) is 6.79. The molecule has 1 heterocycles. The van der Waals surface area contributed by atoms with E-state index in [1.807, 2.05) is 0 Å². The molecule has 2 aliphatic rings. The monoisotopic (exact) mass is 336 g/mol. The molecule has 3 rings (SSSR count). The first-order valence-electron chi connectivity index (χ1n) is 8.59. The number of likely N-dealkylation sites (tertiary alicyclic amines) is 1. The Balaban J connectivity index is 1.50. The van der Waals surface area contributed by atoms with E-state index in [0.717, 1.165) is 31.6 Å². The molecule has 0 aromatic heterocycles. The largest absolute Gasteiger partial charge is 0.469 e. The van der Waals surface area contributed by atoms with Crippen molar-refractivity contribution >= 4 is 11.7 Å². The van der Waals surface area contributed by atoms with E-state index in [4.69, 9.17) is 4.74 Å². The number of aliphatic hydroxyl groups excluding tert-OH is 1. The summed E-state index contributed by atoms with van der Waals surface area (Å²) in [6.07, 6.45) is 2.62. The molecule has 1 saturated carbocycles. The topological polar surface area (TPSA) is 61.8 Å². The normalized spacial score (nSPS) is 28.7. The minimum absolute atomic E-state index is 0.0425. The number of benzene rings is 1. The SMILES string of the molecule is COC(=O)[C@@H]1C[C@@H](O)[C@@H](N2CCC(Nc3ccc(F)cc3)CC2)C1. The lowest BCUT2D eigenvalue weighted by Crippen LogP contribution is -2.47. The fourth-order valence-corrected chi connectivity index (χ4v) is 3.90. The van der Waals surface area contributed by atoms with Gasteiger partial charge in [0.1, 0.15) is 5.82 Å². The van der Waals surface area contributed by atoms with Crippen LogP contribution in [-0.2, 0) is 9.53 Å². The molecule has 0 bridgehead atoms. The number of ether oxygens (including phenoxy) is 1. The summed E-state index contributed by atoms with van der Waals surface area (Å²) in [7, 11) is 1.40. The summed E-state index contributed by atoms with van der Waals surface area (Å²) in [6.45, 7) is 1.77. The third kappa shape index (κ3) is 3.87. The highest BCUT2D eigenvalue weighted by atomic mass is 19.1. The van der Waals surface area contributed by atoms with Gasteiger partial charge in [0, 0.05) is 30.9 Å². The Morgan fingerprint density at radius 3 is 2.54 bits per heavy atom. The third-order valence-corrected chi connectivity index (χ3v) is 5.24.